The first-order chi connectivity index (χ1) is 20.7. The number of Topliss-reactive ketones (excluding diaryl/α,β-unsaturated/α-hetero) is 1. The largest absolute Gasteiger partial charge is 0.494 e. The first-order valence-electron chi connectivity index (χ1n) is 13.4. The van der Waals surface area contributed by atoms with Gasteiger partial charge in [0.1, 0.15) is 30.5 Å². The first kappa shape index (κ1) is 29.5. The molecule has 2 aromatic heterocycles. The molecule has 0 radical (unpaired) electrons. The molecule has 1 aliphatic rings. The number of anilines is 1. The SMILES string of the molecule is CCOc1ccc2nc(N3C(=O)C(OC(C)=O)=C(C(=O)c4ccc(C)o4)C3c3ccc(OCCOC(C)=O)cc3)sc2c1. The summed E-state index contributed by atoms with van der Waals surface area (Å²) in [5, 5.41) is 0.295. The maximum atomic E-state index is 14.0. The van der Waals surface area contributed by atoms with Crippen molar-refractivity contribution in [3.05, 3.63) is 83.0 Å². The van der Waals surface area contributed by atoms with Gasteiger partial charge in [-0.15, -0.1) is 0 Å². The number of rotatable bonds is 11. The third kappa shape index (κ3) is 6.28. The van der Waals surface area contributed by atoms with E-state index < -0.39 is 35.4 Å². The number of carbonyl (C=O) groups excluding carboxylic acids is 4. The number of ketones is 1. The van der Waals surface area contributed by atoms with Crippen molar-refractivity contribution in [2.24, 2.45) is 0 Å². The Kier molecular flexibility index (Phi) is 8.58. The van der Waals surface area contributed by atoms with Crippen molar-refractivity contribution in [3.8, 4) is 11.5 Å². The standard InChI is InChI=1S/C31H28N2O9S/c1-5-38-22-11-12-23-25(16-22)43-31(32-23)33-27(20-7-9-21(10-8-20)40-15-14-39-18(3)34)26(29(30(33)37)42-19(4)35)28(36)24-13-6-17(2)41-24/h6-13,16,27H,5,14-15H2,1-4H3. The minimum Gasteiger partial charge on any atom is -0.494 e. The van der Waals surface area contributed by atoms with Gasteiger partial charge in [0, 0.05) is 13.8 Å². The highest BCUT2D eigenvalue weighted by atomic mass is 32.1. The molecule has 5 rings (SSSR count). The van der Waals surface area contributed by atoms with Crippen LogP contribution in [0.4, 0.5) is 5.13 Å². The predicted octanol–water partition coefficient (Wildman–Crippen LogP) is 5.33. The van der Waals surface area contributed by atoms with E-state index in [0.29, 0.717) is 40.1 Å². The van der Waals surface area contributed by atoms with Crippen LogP contribution in [0.15, 0.2) is 70.3 Å². The molecule has 1 atom stereocenters. The quantitative estimate of drug-likeness (QED) is 0.126. The number of carbonyl (C=O) groups is 4. The summed E-state index contributed by atoms with van der Waals surface area (Å²) in [7, 11) is 0. The number of furan rings is 1. The zero-order valence-electron chi connectivity index (χ0n) is 23.9. The van der Waals surface area contributed by atoms with Gasteiger partial charge in [0.15, 0.2) is 10.9 Å². The molecule has 1 aliphatic heterocycles. The van der Waals surface area contributed by atoms with Gasteiger partial charge in [-0.2, -0.15) is 0 Å². The van der Waals surface area contributed by atoms with Crippen molar-refractivity contribution in [3.63, 3.8) is 0 Å². The van der Waals surface area contributed by atoms with E-state index in [-0.39, 0.29) is 24.5 Å². The predicted molar refractivity (Wildman–Crippen MR) is 156 cm³/mol. The molecule has 0 saturated heterocycles. The number of esters is 2. The average Bonchev–Trinajstić information content (AvgIpc) is 3.66. The maximum absolute atomic E-state index is 14.0. The summed E-state index contributed by atoms with van der Waals surface area (Å²) < 4.78 is 27.9. The van der Waals surface area contributed by atoms with Gasteiger partial charge in [-0.3, -0.25) is 24.1 Å². The fourth-order valence-electron chi connectivity index (χ4n) is 4.61. The smallest absolute Gasteiger partial charge is 0.308 e. The Balaban J connectivity index is 1.59. The van der Waals surface area contributed by atoms with Gasteiger partial charge in [-0.05, 0) is 61.9 Å². The van der Waals surface area contributed by atoms with Crippen LogP contribution in [0.2, 0.25) is 0 Å². The van der Waals surface area contributed by atoms with E-state index in [2.05, 4.69) is 4.98 Å². The zero-order chi connectivity index (χ0) is 30.7. The van der Waals surface area contributed by atoms with E-state index in [0.717, 1.165) is 11.6 Å². The van der Waals surface area contributed by atoms with Crippen molar-refractivity contribution in [1.29, 1.82) is 0 Å². The van der Waals surface area contributed by atoms with Gasteiger partial charge >= 0.3 is 11.9 Å². The van der Waals surface area contributed by atoms with Crippen molar-refractivity contribution < 1.29 is 42.5 Å². The molecule has 0 aliphatic carbocycles. The molecule has 1 unspecified atom stereocenters. The summed E-state index contributed by atoms with van der Waals surface area (Å²) in [6, 6.07) is 14.3. The van der Waals surface area contributed by atoms with Crippen LogP contribution < -0.4 is 14.4 Å². The summed E-state index contributed by atoms with van der Waals surface area (Å²) in [5.41, 5.74) is 1.10. The van der Waals surface area contributed by atoms with Crippen LogP contribution in [-0.2, 0) is 23.9 Å². The zero-order valence-corrected chi connectivity index (χ0v) is 24.7. The van der Waals surface area contributed by atoms with Crippen molar-refractivity contribution >= 4 is 50.3 Å². The highest BCUT2D eigenvalue weighted by Crippen LogP contribution is 2.45. The topological polar surface area (TPSA) is 134 Å². The minimum atomic E-state index is -1.01. The lowest BCUT2D eigenvalue weighted by molar-refractivity contribution is -0.141. The van der Waals surface area contributed by atoms with E-state index in [1.807, 2.05) is 13.0 Å². The Labute approximate surface area is 250 Å². The van der Waals surface area contributed by atoms with E-state index >= 15 is 0 Å². The summed E-state index contributed by atoms with van der Waals surface area (Å²) in [6.07, 6.45) is 0. The molecule has 12 heteroatoms. The Morgan fingerprint density at radius 2 is 1.70 bits per heavy atom. The number of thiazole rings is 1. The molecule has 4 aromatic rings. The van der Waals surface area contributed by atoms with Crippen LogP contribution in [0.5, 0.6) is 11.5 Å². The van der Waals surface area contributed by atoms with Crippen LogP contribution >= 0.6 is 11.3 Å². The number of aryl methyl sites for hydroxylation is 1. The van der Waals surface area contributed by atoms with E-state index in [4.69, 9.17) is 23.4 Å². The second-order valence-corrected chi connectivity index (χ2v) is 10.5. The molecular formula is C31H28N2O9S. The average molecular weight is 605 g/mol. The first-order valence-corrected chi connectivity index (χ1v) is 14.2. The number of fused-ring (bicyclic) bond motifs is 1. The summed E-state index contributed by atoms with van der Waals surface area (Å²) >= 11 is 1.24. The van der Waals surface area contributed by atoms with Crippen molar-refractivity contribution in [2.75, 3.05) is 24.7 Å². The Hall–Kier alpha value is -4.97. The van der Waals surface area contributed by atoms with Crippen molar-refractivity contribution in [1.82, 2.24) is 4.98 Å². The van der Waals surface area contributed by atoms with E-state index in [1.54, 1.807) is 49.4 Å². The molecule has 1 amide bonds. The summed E-state index contributed by atoms with van der Waals surface area (Å²) in [5.74, 6) is -1.23. The Morgan fingerprint density at radius 1 is 0.953 bits per heavy atom. The normalized spacial score (nSPS) is 14.7. The molecule has 43 heavy (non-hydrogen) atoms. The second kappa shape index (κ2) is 12.5. The summed E-state index contributed by atoms with van der Waals surface area (Å²) in [6.45, 7) is 6.76. The molecule has 0 bridgehead atoms. The number of nitrogens with zero attached hydrogens (tertiary/aromatic N) is 2. The third-order valence-electron chi connectivity index (χ3n) is 6.36. The lowest BCUT2D eigenvalue weighted by Crippen LogP contribution is -2.31. The lowest BCUT2D eigenvalue weighted by Gasteiger charge is -2.24. The number of ether oxygens (including phenoxy) is 4. The molecule has 11 nitrogen and oxygen atoms in total. The number of amides is 1. The highest BCUT2D eigenvalue weighted by Gasteiger charge is 2.48. The van der Waals surface area contributed by atoms with E-state index in [1.165, 1.54) is 29.2 Å². The molecule has 0 saturated carbocycles. The van der Waals surface area contributed by atoms with Crippen LogP contribution in [0.3, 0.4) is 0 Å². The number of benzene rings is 2. The van der Waals surface area contributed by atoms with Gasteiger partial charge in [0.25, 0.3) is 5.91 Å². The monoisotopic (exact) mass is 604 g/mol. The molecular weight excluding hydrogens is 576 g/mol. The van der Waals surface area contributed by atoms with Crippen molar-refractivity contribution in [2.45, 2.75) is 33.7 Å². The van der Waals surface area contributed by atoms with Crippen LogP contribution in [0, 0.1) is 6.92 Å². The number of hydrogen-bond acceptors (Lipinski definition) is 11. The second-order valence-electron chi connectivity index (χ2n) is 9.47. The van der Waals surface area contributed by atoms with Crippen LogP contribution in [-0.4, -0.2) is 48.4 Å². The molecule has 222 valence electrons. The number of hydrogen-bond donors (Lipinski definition) is 0. The maximum Gasteiger partial charge on any atom is 0.308 e. The fraction of sp³-hybridized carbons (Fsp3) is 0.258. The highest BCUT2D eigenvalue weighted by molar-refractivity contribution is 7.22. The van der Waals surface area contributed by atoms with Gasteiger partial charge in [0.05, 0.1) is 28.4 Å². The van der Waals surface area contributed by atoms with Gasteiger partial charge in [0.2, 0.25) is 11.5 Å². The summed E-state index contributed by atoms with van der Waals surface area (Å²) in [4.78, 5) is 57.1. The van der Waals surface area contributed by atoms with Crippen LogP contribution in [0.25, 0.3) is 10.2 Å². The molecule has 3 heterocycles. The third-order valence-corrected chi connectivity index (χ3v) is 7.38. The van der Waals surface area contributed by atoms with Gasteiger partial charge in [-0.25, -0.2) is 4.98 Å². The number of aromatic nitrogens is 1. The van der Waals surface area contributed by atoms with Crippen LogP contribution in [0.1, 0.15) is 48.7 Å². The van der Waals surface area contributed by atoms with Gasteiger partial charge in [-0.1, -0.05) is 23.5 Å². The lowest BCUT2D eigenvalue weighted by atomic mass is 9.95. The molecule has 2 aromatic carbocycles. The minimum absolute atomic E-state index is 0.00659. The molecule has 0 spiro atoms. The molecule has 0 N–H and O–H groups in total. The Bertz CT molecular complexity index is 1740. The van der Waals surface area contributed by atoms with E-state index in [9.17, 15) is 19.2 Å². The Morgan fingerprint density at radius 3 is 2.35 bits per heavy atom. The van der Waals surface area contributed by atoms with Gasteiger partial charge < -0.3 is 23.4 Å². The molecule has 0 fully saturated rings. The fourth-order valence-corrected chi connectivity index (χ4v) is 5.63.